The SMILES string of the molecule is C[C@H](NC(=O)c1cc(Nc2ccon2)ncn1)c1ncc(C(=O)Nc2ccc(Cl)c(C(F)(F)F)c2)s1. The predicted octanol–water partition coefficient (Wildman–Crippen LogP) is 5.08. The molecule has 3 heterocycles. The molecule has 0 aliphatic heterocycles. The van der Waals surface area contributed by atoms with E-state index in [1.807, 2.05) is 0 Å². The number of carbonyl (C=O) groups excluding carboxylic acids is 2. The molecule has 36 heavy (non-hydrogen) atoms. The van der Waals surface area contributed by atoms with Crippen LogP contribution in [0.4, 0.5) is 30.5 Å². The number of hydrogen-bond acceptors (Lipinski definition) is 9. The molecule has 3 aromatic heterocycles. The van der Waals surface area contributed by atoms with Crippen LogP contribution in [0, 0.1) is 0 Å². The summed E-state index contributed by atoms with van der Waals surface area (Å²) < 4.78 is 43.9. The lowest BCUT2D eigenvalue weighted by Gasteiger charge is -2.12. The number of anilines is 3. The molecule has 10 nitrogen and oxygen atoms in total. The topological polar surface area (TPSA) is 135 Å². The van der Waals surface area contributed by atoms with Crippen molar-refractivity contribution in [2.24, 2.45) is 0 Å². The second kappa shape index (κ2) is 10.3. The first kappa shape index (κ1) is 25.1. The summed E-state index contributed by atoms with van der Waals surface area (Å²) in [6.45, 7) is 1.66. The Morgan fingerprint density at radius 1 is 1.08 bits per heavy atom. The molecule has 4 aromatic rings. The number of hydrogen-bond donors (Lipinski definition) is 3. The van der Waals surface area contributed by atoms with Crippen molar-refractivity contribution < 1.29 is 27.3 Å². The maximum atomic E-state index is 13.1. The Morgan fingerprint density at radius 3 is 2.61 bits per heavy atom. The van der Waals surface area contributed by atoms with Gasteiger partial charge in [0.05, 0.1) is 22.8 Å². The van der Waals surface area contributed by atoms with E-state index in [0.717, 1.165) is 23.5 Å². The number of nitrogens with zero attached hydrogens (tertiary/aromatic N) is 4. The number of nitrogens with one attached hydrogen (secondary N) is 3. The van der Waals surface area contributed by atoms with E-state index in [0.29, 0.717) is 16.6 Å². The van der Waals surface area contributed by atoms with Gasteiger partial charge in [-0.05, 0) is 25.1 Å². The lowest BCUT2D eigenvalue weighted by atomic mass is 10.2. The van der Waals surface area contributed by atoms with Gasteiger partial charge in [-0.2, -0.15) is 13.2 Å². The number of thiazole rings is 1. The molecule has 186 valence electrons. The number of benzene rings is 1. The number of alkyl halides is 3. The highest BCUT2D eigenvalue weighted by Crippen LogP contribution is 2.36. The van der Waals surface area contributed by atoms with Crippen LogP contribution in [0.15, 0.2) is 53.6 Å². The molecule has 0 fully saturated rings. The van der Waals surface area contributed by atoms with Gasteiger partial charge in [0, 0.05) is 17.8 Å². The van der Waals surface area contributed by atoms with Gasteiger partial charge in [0.1, 0.15) is 34.0 Å². The number of rotatable bonds is 7. The molecule has 1 atom stereocenters. The largest absolute Gasteiger partial charge is 0.417 e. The zero-order chi connectivity index (χ0) is 25.9. The summed E-state index contributed by atoms with van der Waals surface area (Å²) in [7, 11) is 0. The highest BCUT2D eigenvalue weighted by Gasteiger charge is 2.33. The Labute approximate surface area is 209 Å². The number of halogens is 4. The molecule has 0 unspecified atom stereocenters. The van der Waals surface area contributed by atoms with Crippen LogP contribution in [0.3, 0.4) is 0 Å². The van der Waals surface area contributed by atoms with E-state index < -0.39 is 34.6 Å². The molecule has 0 saturated carbocycles. The average Bonchev–Trinajstić information content (AvgIpc) is 3.52. The molecular formula is C21H15ClF3N7O3S. The van der Waals surface area contributed by atoms with Crippen molar-refractivity contribution in [1.29, 1.82) is 0 Å². The fourth-order valence-corrected chi connectivity index (χ4v) is 3.94. The van der Waals surface area contributed by atoms with Crippen LogP contribution in [0.2, 0.25) is 5.02 Å². The second-order valence-corrected chi connectivity index (χ2v) is 8.67. The highest BCUT2D eigenvalue weighted by atomic mass is 35.5. The third-order valence-electron chi connectivity index (χ3n) is 4.59. The summed E-state index contributed by atoms with van der Waals surface area (Å²) >= 11 is 6.58. The average molecular weight is 538 g/mol. The van der Waals surface area contributed by atoms with E-state index in [1.54, 1.807) is 13.0 Å². The maximum absolute atomic E-state index is 13.1. The lowest BCUT2D eigenvalue weighted by Crippen LogP contribution is -2.27. The molecule has 0 bridgehead atoms. The fraction of sp³-hybridized carbons (Fsp3) is 0.143. The second-order valence-electron chi connectivity index (χ2n) is 7.20. The van der Waals surface area contributed by atoms with E-state index >= 15 is 0 Å². The third-order valence-corrected chi connectivity index (χ3v) is 6.10. The van der Waals surface area contributed by atoms with Gasteiger partial charge in [0.2, 0.25) is 0 Å². The Bertz CT molecular complexity index is 1400. The first-order valence-electron chi connectivity index (χ1n) is 10.0. The molecule has 0 spiro atoms. The molecular weight excluding hydrogens is 523 g/mol. The normalized spacial score (nSPS) is 12.1. The van der Waals surface area contributed by atoms with Gasteiger partial charge in [-0.15, -0.1) is 11.3 Å². The standard InChI is InChI=1S/C21H15ClF3N7O3S/c1-10(29-18(33)14-7-17(28-9-27-14)31-16-4-5-35-32-16)20-26-8-15(36-20)19(34)30-11-2-3-13(22)12(6-11)21(23,24)25/h2-10H,1H3,(H,29,33)(H,30,34)(H,27,28,31,32)/t10-/m0/s1. The van der Waals surface area contributed by atoms with Gasteiger partial charge in [0.25, 0.3) is 11.8 Å². The number of carbonyl (C=O) groups is 2. The third kappa shape index (κ3) is 5.95. The molecule has 2 amide bonds. The van der Waals surface area contributed by atoms with Crippen molar-refractivity contribution in [1.82, 2.24) is 25.4 Å². The smallest absolute Gasteiger partial charge is 0.363 e. The summed E-state index contributed by atoms with van der Waals surface area (Å²) in [6, 6.07) is 5.45. The lowest BCUT2D eigenvalue weighted by molar-refractivity contribution is -0.137. The molecule has 3 N–H and O–H groups in total. The fourth-order valence-electron chi connectivity index (χ4n) is 2.90. The number of aromatic nitrogens is 4. The molecule has 0 aliphatic carbocycles. The van der Waals surface area contributed by atoms with Gasteiger partial charge in [-0.3, -0.25) is 9.59 Å². The Balaban J connectivity index is 1.40. The van der Waals surface area contributed by atoms with Crippen LogP contribution < -0.4 is 16.0 Å². The van der Waals surface area contributed by atoms with Crippen molar-refractivity contribution in [3.05, 3.63) is 75.3 Å². The highest BCUT2D eigenvalue weighted by molar-refractivity contribution is 7.13. The molecule has 0 radical (unpaired) electrons. The molecule has 4 rings (SSSR count). The molecule has 0 saturated heterocycles. The summed E-state index contributed by atoms with van der Waals surface area (Å²) in [5.41, 5.74) is -1.07. The van der Waals surface area contributed by atoms with Crippen molar-refractivity contribution >= 4 is 52.1 Å². The van der Waals surface area contributed by atoms with Crippen LogP contribution >= 0.6 is 22.9 Å². The van der Waals surface area contributed by atoms with Crippen LogP contribution in [0.25, 0.3) is 0 Å². The van der Waals surface area contributed by atoms with E-state index in [4.69, 9.17) is 16.1 Å². The Kier molecular flexibility index (Phi) is 7.17. The summed E-state index contributed by atoms with van der Waals surface area (Å²) in [5.74, 6) is -0.460. The first-order chi connectivity index (χ1) is 17.1. The van der Waals surface area contributed by atoms with Crippen molar-refractivity contribution in [2.75, 3.05) is 10.6 Å². The monoisotopic (exact) mass is 537 g/mol. The molecule has 1 aromatic carbocycles. The summed E-state index contributed by atoms with van der Waals surface area (Å²) in [5, 5.41) is 11.6. The summed E-state index contributed by atoms with van der Waals surface area (Å²) in [6.07, 6.45) is -0.825. The van der Waals surface area contributed by atoms with Crippen LogP contribution in [-0.2, 0) is 6.18 Å². The van der Waals surface area contributed by atoms with Crippen LogP contribution in [0.1, 0.15) is 43.7 Å². The van der Waals surface area contributed by atoms with Gasteiger partial charge < -0.3 is 20.5 Å². The molecule has 0 aliphatic rings. The van der Waals surface area contributed by atoms with Gasteiger partial charge >= 0.3 is 6.18 Å². The predicted molar refractivity (Wildman–Crippen MR) is 124 cm³/mol. The zero-order valence-electron chi connectivity index (χ0n) is 18.1. The first-order valence-corrected chi connectivity index (χ1v) is 11.2. The maximum Gasteiger partial charge on any atom is 0.417 e. The van der Waals surface area contributed by atoms with Crippen molar-refractivity contribution in [2.45, 2.75) is 19.1 Å². The molecule has 15 heteroatoms. The van der Waals surface area contributed by atoms with Crippen molar-refractivity contribution in [3.8, 4) is 0 Å². The zero-order valence-corrected chi connectivity index (χ0v) is 19.7. The Morgan fingerprint density at radius 2 is 1.89 bits per heavy atom. The van der Waals surface area contributed by atoms with E-state index in [1.165, 1.54) is 30.9 Å². The van der Waals surface area contributed by atoms with E-state index in [2.05, 4.69) is 36.1 Å². The summed E-state index contributed by atoms with van der Waals surface area (Å²) in [4.78, 5) is 37.4. The van der Waals surface area contributed by atoms with E-state index in [9.17, 15) is 22.8 Å². The number of amides is 2. The van der Waals surface area contributed by atoms with Gasteiger partial charge in [-0.1, -0.05) is 16.8 Å². The van der Waals surface area contributed by atoms with Crippen LogP contribution in [-0.4, -0.2) is 31.9 Å². The minimum Gasteiger partial charge on any atom is -0.363 e. The minimum absolute atomic E-state index is 0.0700. The van der Waals surface area contributed by atoms with Gasteiger partial charge in [0.15, 0.2) is 5.82 Å². The minimum atomic E-state index is -4.67. The Hall–Kier alpha value is -4.04. The van der Waals surface area contributed by atoms with E-state index in [-0.39, 0.29) is 16.3 Å². The quantitative estimate of drug-likeness (QED) is 0.297. The van der Waals surface area contributed by atoms with Crippen molar-refractivity contribution in [3.63, 3.8) is 0 Å². The van der Waals surface area contributed by atoms with Gasteiger partial charge in [-0.25, -0.2) is 15.0 Å². The van der Waals surface area contributed by atoms with Crippen LogP contribution in [0.5, 0.6) is 0 Å².